The van der Waals surface area contributed by atoms with Gasteiger partial charge in [0.2, 0.25) is 0 Å². The lowest BCUT2D eigenvalue weighted by Gasteiger charge is -2.06. The second-order valence-corrected chi connectivity index (χ2v) is 3.52. The molecule has 17 heavy (non-hydrogen) atoms. The molecule has 2 aromatic rings. The zero-order valence-corrected chi connectivity index (χ0v) is 9.42. The van der Waals surface area contributed by atoms with Gasteiger partial charge in [-0.05, 0) is 6.07 Å². The highest BCUT2D eigenvalue weighted by molar-refractivity contribution is 5.87. The van der Waals surface area contributed by atoms with Crippen molar-refractivity contribution >= 4 is 10.9 Å². The van der Waals surface area contributed by atoms with Crippen LogP contribution >= 0.6 is 0 Å². The van der Waals surface area contributed by atoms with Gasteiger partial charge >= 0.3 is 0 Å². The fourth-order valence-electron chi connectivity index (χ4n) is 1.59. The molecule has 2 rings (SSSR count). The molecule has 1 heterocycles. The van der Waals surface area contributed by atoms with Crippen molar-refractivity contribution < 1.29 is 13.9 Å². The number of methoxy groups -OCH3 is 1. The third kappa shape index (κ3) is 2.24. The highest BCUT2D eigenvalue weighted by Crippen LogP contribution is 2.26. The van der Waals surface area contributed by atoms with E-state index in [2.05, 4.69) is 10.9 Å². The first-order valence-corrected chi connectivity index (χ1v) is 5.15. The Balaban J connectivity index is 2.33. The number of fused-ring (bicyclic) bond motifs is 1. The fourth-order valence-corrected chi connectivity index (χ4v) is 1.59. The van der Waals surface area contributed by atoms with Crippen LogP contribution in [0.2, 0.25) is 0 Å². The third-order valence-corrected chi connectivity index (χ3v) is 2.43. The van der Waals surface area contributed by atoms with Crippen LogP contribution in [0, 0.1) is 18.2 Å². The van der Waals surface area contributed by atoms with Crippen molar-refractivity contribution in [3.63, 3.8) is 0 Å². The Kier molecular flexibility index (Phi) is 3.31. The van der Waals surface area contributed by atoms with Gasteiger partial charge in [0.15, 0.2) is 11.6 Å². The van der Waals surface area contributed by atoms with Gasteiger partial charge in [-0.3, -0.25) is 0 Å². The Bertz CT molecular complexity index is 569. The van der Waals surface area contributed by atoms with Crippen molar-refractivity contribution in [2.75, 3.05) is 20.3 Å². The molecule has 4 heteroatoms. The molecular weight excluding hydrogens is 221 g/mol. The van der Waals surface area contributed by atoms with Crippen LogP contribution in [0.15, 0.2) is 18.3 Å². The summed E-state index contributed by atoms with van der Waals surface area (Å²) in [5.41, 5.74) is 1.40. The number of rotatable bonds is 4. The lowest BCUT2D eigenvalue weighted by Crippen LogP contribution is -2.05. The average Bonchev–Trinajstić information content (AvgIpc) is 2.71. The van der Waals surface area contributed by atoms with E-state index in [1.165, 1.54) is 6.07 Å². The molecule has 0 aliphatic rings. The SMILES string of the molecule is C#Cc1c[nH]c2cc(OCCOC)c(F)cc12. The van der Waals surface area contributed by atoms with E-state index in [0.717, 1.165) is 5.52 Å². The van der Waals surface area contributed by atoms with E-state index < -0.39 is 5.82 Å². The summed E-state index contributed by atoms with van der Waals surface area (Å²) in [6, 6.07) is 2.98. The molecule has 88 valence electrons. The molecular formula is C13H12FNO2. The van der Waals surface area contributed by atoms with Crippen LogP contribution < -0.4 is 4.74 Å². The number of terminal acetylenes is 1. The van der Waals surface area contributed by atoms with Crippen molar-refractivity contribution in [3.8, 4) is 18.1 Å². The van der Waals surface area contributed by atoms with Crippen LogP contribution in [0.4, 0.5) is 4.39 Å². The Hall–Kier alpha value is -1.99. The molecule has 0 atom stereocenters. The Morgan fingerprint density at radius 3 is 2.94 bits per heavy atom. The van der Waals surface area contributed by atoms with Crippen LogP contribution in [0.3, 0.4) is 0 Å². The summed E-state index contributed by atoms with van der Waals surface area (Å²) >= 11 is 0. The summed E-state index contributed by atoms with van der Waals surface area (Å²) < 4.78 is 23.8. The Morgan fingerprint density at radius 2 is 2.24 bits per heavy atom. The van der Waals surface area contributed by atoms with E-state index in [4.69, 9.17) is 15.9 Å². The second-order valence-electron chi connectivity index (χ2n) is 3.52. The van der Waals surface area contributed by atoms with Gasteiger partial charge in [-0.15, -0.1) is 6.42 Å². The van der Waals surface area contributed by atoms with E-state index in [9.17, 15) is 4.39 Å². The number of aromatic nitrogens is 1. The Morgan fingerprint density at radius 1 is 1.41 bits per heavy atom. The van der Waals surface area contributed by atoms with Crippen LogP contribution in [0.25, 0.3) is 10.9 Å². The Labute approximate surface area is 98.5 Å². The summed E-state index contributed by atoms with van der Waals surface area (Å²) in [4.78, 5) is 2.98. The quantitative estimate of drug-likeness (QED) is 0.649. The van der Waals surface area contributed by atoms with Crippen LogP contribution in [-0.2, 0) is 4.74 Å². The van der Waals surface area contributed by atoms with Gasteiger partial charge in [0.25, 0.3) is 0 Å². The van der Waals surface area contributed by atoms with Crippen LogP contribution in [-0.4, -0.2) is 25.3 Å². The van der Waals surface area contributed by atoms with E-state index in [1.807, 2.05) is 0 Å². The number of hydrogen-bond acceptors (Lipinski definition) is 2. The van der Waals surface area contributed by atoms with Gasteiger partial charge in [0, 0.05) is 30.3 Å². The lowest BCUT2D eigenvalue weighted by atomic mass is 10.1. The highest BCUT2D eigenvalue weighted by Gasteiger charge is 2.09. The number of nitrogens with one attached hydrogen (secondary N) is 1. The first-order valence-electron chi connectivity index (χ1n) is 5.15. The van der Waals surface area contributed by atoms with E-state index in [0.29, 0.717) is 24.2 Å². The lowest BCUT2D eigenvalue weighted by molar-refractivity contribution is 0.144. The van der Waals surface area contributed by atoms with Gasteiger partial charge in [0.1, 0.15) is 6.61 Å². The minimum atomic E-state index is -0.426. The summed E-state index contributed by atoms with van der Waals surface area (Å²) in [7, 11) is 1.56. The maximum Gasteiger partial charge on any atom is 0.165 e. The van der Waals surface area contributed by atoms with Crippen LogP contribution in [0.5, 0.6) is 5.75 Å². The van der Waals surface area contributed by atoms with Crippen molar-refractivity contribution in [2.24, 2.45) is 0 Å². The number of benzene rings is 1. The van der Waals surface area contributed by atoms with Gasteiger partial charge < -0.3 is 14.5 Å². The molecule has 0 radical (unpaired) electrons. The first kappa shape index (κ1) is 11.5. The topological polar surface area (TPSA) is 34.2 Å². The standard InChI is InChI=1S/C13H12FNO2/c1-3-9-8-15-12-7-13(17-5-4-16-2)11(14)6-10(9)12/h1,6-8,15H,4-5H2,2H3. The van der Waals surface area contributed by atoms with Gasteiger partial charge in [-0.2, -0.15) is 0 Å². The number of aromatic amines is 1. The second kappa shape index (κ2) is 4.89. The average molecular weight is 233 g/mol. The zero-order valence-electron chi connectivity index (χ0n) is 9.42. The molecule has 0 aliphatic heterocycles. The summed E-state index contributed by atoms with van der Waals surface area (Å²) in [5, 5.41) is 0.684. The maximum atomic E-state index is 13.7. The van der Waals surface area contributed by atoms with Crippen molar-refractivity contribution in [2.45, 2.75) is 0 Å². The zero-order chi connectivity index (χ0) is 12.3. The molecule has 0 amide bonds. The van der Waals surface area contributed by atoms with Crippen molar-refractivity contribution in [1.29, 1.82) is 0 Å². The van der Waals surface area contributed by atoms with E-state index in [-0.39, 0.29) is 5.75 Å². The molecule has 1 N–H and O–H groups in total. The highest BCUT2D eigenvalue weighted by atomic mass is 19.1. The van der Waals surface area contributed by atoms with Crippen molar-refractivity contribution in [3.05, 3.63) is 29.7 Å². The monoisotopic (exact) mass is 233 g/mol. The largest absolute Gasteiger partial charge is 0.488 e. The van der Waals surface area contributed by atoms with E-state index >= 15 is 0 Å². The summed E-state index contributed by atoms with van der Waals surface area (Å²) in [6.45, 7) is 0.722. The molecule has 0 unspecified atom stereocenters. The normalized spacial score (nSPS) is 10.4. The maximum absolute atomic E-state index is 13.7. The molecule has 0 saturated heterocycles. The molecule has 0 spiro atoms. The molecule has 0 aliphatic carbocycles. The molecule has 0 saturated carbocycles. The molecule has 3 nitrogen and oxygen atoms in total. The first-order chi connectivity index (χ1) is 8.26. The molecule has 1 aromatic heterocycles. The summed E-state index contributed by atoms with van der Waals surface area (Å²) in [5.74, 6) is 2.26. The molecule has 1 aromatic carbocycles. The molecule has 0 bridgehead atoms. The predicted octanol–water partition coefficient (Wildman–Crippen LogP) is 2.31. The molecule has 0 fully saturated rings. The number of ether oxygens (including phenoxy) is 2. The van der Waals surface area contributed by atoms with E-state index in [1.54, 1.807) is 19.4 Å². The van der Waals surface area contributed by atoms with Gasteiger partial charge in [-0.1, -0.05) is 5.92 Å². The number of H-pyrrole nitrogens is 1. The summed E-state index contributed by atoms with van der Waals surface area (Å²) in [6.07, 6.45) is 6.98. The number of halogens is 1. The predicted molar refractivity (Wildman–Crippen MR) is 63.6 cm³/mol. The fraction of sp³-hybridized carbons (Fsp3) is 0.231. The minimum Gasteiger partial charge on any atom is -0.488 e. The van der Waals surface area contributed by atoms with Crippen molar-refractivity contribution in [1.82, 2.24) is 4.98 Å². The minimum absolute atomic E-state index is 0.194. The smallest absolute Gasteiger partial charge is 0.165 e. The van der Waals surface area contributed by atoms with Gasteiger partial charge in [0.05, 0.1) is 12.1 Å². The van der Waals surface area contributed by atoms with Crippen LogP contribution in [0.1, 0.15) is 5.56 Å². The number of hydrogen-bond donors (Lipinski definition) is 1. The van der Waals surface area contributed by atoms with Gasteiger partial charge in [-0.25, -0.2) is 4.39 Å². The third-order valence-electron chi connectivity index (χ3n) is 2.43.